The number of aromatic carboxylic acids is 1. The molecule has 0 radical (unpaired) electrons. The molecule has 1 heterocycles. The molecule has 0 saturated heterocycles. The van der Waals surface area contributed by atoms with Crippen LogP contribution in [-0.4, -0.2) is 11.1 Å². The molecule has 0 spiro atoms. The van der Waals surface area contributed by atoms with Gasteiger partial charge in [-0.05, 0) is 36.5 Å². The average molecular weight is 271 g/mol. The molecular formula is C16H17NO3. The van der Waals surface area contributed by atoms with Crippen molar-refractivity contribution in [3.8, 4) is 0 Å². The Balaban J connectivity index is 1.73. The van der Waals surface area contributed by atoms with E-state index in [0.717, 1.165) is 19.3 Å². The number of hydrogen-bond donors (Lipinski definition) is 2. The molecule has 1 aromatic heterocycles. The van der Waals surface area contributed by atoms with E-state index >= 15 is 0 Å². The Bertz CT molecular complexity index is 618. The third-order valence-corrected chi connectivity index (χ3v) is 3.85. The maximum absolute atomic E-state index is 11.0. The highest BCUT2D eigenvalue weighted by Gasteiger charge is 2.20. The SMILES string of the molecule is O=C(O)c1ccoc1CNC1CCCc2ccccc21. The van der Waals surface area contributed by atoms with Crippen molar-refractivity contribution in [2.75, 3.05) is 0 Å². The second-order valence-corrected chi connectivity index (χ2v) is 5.09. The van der Waals surface area contributed by atoms with Crippen molar-refractivity contribution in [3.63, 3.8) is 0 Å². The molecule has 0 amide bonds. The fourth-order valence-corrected chi connectivity index (χ4v) is 2.85. The number of furan rings is 1. The predicted molar refractivity (Wildman–Crippen MR) is 74.6 cm³/mol. The van der Waals surface area contributed by atoms with Gasteiger partial charge in [-0.25, -0.2) is 4.79 Å². The summed E-state index contributed by atoms with van der Waals surface area (Å²) >= 11 is 0. The first-order chi connectivity index (χ1) is 9.75. The fraction of sp³-hybridized carbons (Fsp3) is 0.312. The number of benzene rings is 1. The van der Waals surface area contributed by atoms with Crippen LogP contribution in [0.15, 0.2) is 41.0 Å². The smallest absolute Gasteiger partial charge is 0.339 e. The van der Waals surface area contributed by atoms with Crippen LogP contribution < -0.4 is 5.32 Å². The zero-order valence-corrected chi connectivity index (χ0v) is 11.1. The summed E-state index contributed by atoms with van der Waals surface area (Å²) in [6.45, 7) is 0.438. The molecule has 0 saturated carbocycles. The summed E-state index contributed by atoms with van der Waals surface area (Å²) in [5.74, 6) is -0.458. The molecule has 2 N–H and O–H groups in total. The van der Waals surface area contributed by atoms with Crippen molar-refractivity contribution in [1.82, 2.24) is 5.32 Å². The minimum absolute atomic E-state index is 0.238. The summed E-state index contributed by atoms with van der Waals surface area (Å²) < 4.78 is 5.26. The molecule has 0 fully saturated rings. The van der Waals surface area contributed by atoms with E-state index in [9.17, 15) is 4.79 Å². The van der Waals surface area contributed by atoms with Gasteiger partial charge >= 0.3 is 5.97 Å². The van der Waals surface area contributed by atoms with Crippen LogP contribution in [0.2, 0.25) is 0 Å². The zero-order chi connectivity index (χ0) is 13.9. The van der Waals surface area contributed by atoms with Crippen molar-refractivity contribution < 1.29 is 14.3 Å². The Hall–Kier alpha value is -2.07. The van der Waals surface area contributed by atoms with Gasteiger partial charge in [-0.2, -0.15) is 0 Å². The third-order valence-electron chi connectivity index (χ3n) is 3.85. The number of fused-ring (bicyclic) bond motifs is 1. The van der Waals surface area contributed by atoms with E-state index < -0.39 is 5.97 Å². The van der Waals surface area contributed by atoms with E-state index in [0.29, 0.717) is 12.3 Å². The minimum Gasteiger partial charge on any atom is -0.478 e. The van der Waals surface area contributed by atoms with Crippen molar-refractivity contribution in [3.05, 3.63) is 59.0 Å². The molecule has 4 nitrogen and oxygen atoms in total. The van der Waals surface area contributed by atoms with Crippen LogP contribution in [0.1, 0.15) is 46.1 Å². The monoisotopic (exact) mass is 271 g/mol. The third kappa shape index (κ3) is 2.47. The van der Waals surface area contributed by atoms with Crippen LogP contribution in [0.25, 0.3) is 0 Å². The van der Waals surface area contributed by atoms with E-state index in [-0.39, 0.29) is 11.6 Å². The molecule has 2 aromatic rings. The van der Waals surface area contributed by atoms with Gasteiger partial charge in [-0.15, -0.1) is 0 Å². The van der Waals surface area contributed by atoms with Crippen LogP contribution in [0, 0.1) is 0 Å². The molecule has 3 rings (SSSR count). The van der Waals surface area contributed by atoms with Gasteiger partial charge in [0.25, 0.3) is 0 Å². The summed E-state index contributed by atoms with van der Waals surface area (Å²) in [5, 5.41) is 12.5. The first kappa shape index (κ1) is 12.9. The Labute approximate surface area is 117 Å². The first-order valence-corrected chi connectivity index (χ1v) is 6.86. The zero-order valence-electron chi connectivity index (χ0n) is 11.1. The number of carboxylic acid groups (broad SMARTS) is 1. The van der Waals surface area contributed by atoms with E-state index in [1.54, 1.807) is 0 Å². The summed E-state index contributed by atoms with van der Waals surface area (Å²) in [5.41, 5.74) is 2.94. The van der Waals surface area contributed by atoms with Crippen molar-refractivity contribution >= 4 is 5.97 Å². The number of carbonyl (C=O) groups is 1. The molecule has 0 bridgehead atoms. The van der Waals surface area contributed by atoms with Gasteiger partial charge < -0.3 is 14.8 Å². The minimum atomic E-state index is -0.945. The number of nitrogens with one attached hydrogen (secondary N) is 1. The number of aryl methyl sites for hydroxylation is 1. The van der Waals surface area contributed by atoms with Gasteiger partial charge in [0.15, 0.2) is 0 Å². The predicted octanol–water partition coefficient (Wildman–Crippen LogP) is 3.15. The maximum atomic E-state index is 11.0. The van der Waals surface area contributed by atoms with E-state index in [1.165, 1.54) is 23.5 Å². The summed E-state index contributed by atoms with van der Waals surface area (Å²) in [6, 6.07) is 10.2. The summed E-state index contributed by atoms with van der Waals surface area (Å²) in [7, 11) is 0. The van der Waals surface area contributed by atoms with Crippen LogP contribution >= 0.6 is 0 Å². The first-order valence-electron chi connectivity index (χ1n) is 6.86. The Morgan fingerprint density at radius 1 is 1.35 bits per heavy atom. The number of rotatable bonds is 4. The molecule has 1 aliphatic carbocycles. The second kappa shape index (κ2) is 5.51. The summed E-state index contributed by atoms with van der Waals surface area (Å²) in [4.78, 5) is 11.0. The Morgan fingerprint density at radius 2 is 2.20 bits per heavy atom. The van der Waals surface area contributed by atoms with Crippen LogP contribution in [0.5, 0.6) is 0 Å². The number of carboxylic acids is 1. The van der Waals surface area contributed by atoms with Gasteiger partial charge in [-0.3, -0.25) is 0 Å². The molecule has 4 heteroatoms. The lowest BCUT2D eigenvalue weighted by atomic mass is 9.88. The van der Waals surface area contributed by atoms with Crippen LogP contribution in [0.3, 0.4) is 0 Å². The lowest BCUT2D eigenvalue weighted by molar-refractivity contribution is 0.0694. The van der Waals surface area contributed by atoms with Crippen LogP contribution in [-0.2, 0) is 13.0 Å². The van der Waals surface area contributed by atoms with Gasteiger partial charge in [0.2, 0.25) is 0 Å². The molecule has 1 unspecified atom stereocenters. The van der Waals surface area contributed by atoms with Gasteiger partial charge in [0, 0.05) is 6.04 Å². The highest BCUT2D eigenvalue weighted by molar-refractivity contribution is 5.88. The van der Waals surface area contributed by atoms with Gasteiger partial charge in [0.05, 0.1) is 12.8 Å². The standard InChI is InChI=1S/C16H17NO3/c18-16(19)13-8-9-20-15(13)10-17-14-7-3-5-11-4-1-2-6-12(11)14/h1-2,4,6,8-9,14,17H,3,5,7,10H2,(H,18,19). The lowest BCUT2D eigenvalue weighted by Crippen LogP contribution is -2.25. The highest BCUT2D eigenvalue weighted by atomic mass is 16.4. The van der Waals surface area contributed by atoms with Crippen molar-refractivity contribution in [2.24, 2.45) is 0 Å². The Kier molecular flexibility index (Phi) is 3.56. The second-order valence-electron chi connectivity index (χ2n) is 5.09. The van der Waals surface area contributed by atoms with E-state index in [2.05, 4.69) is 29.6 Å². The van der Waals surface area contributed by atoms with Gasteiger partial charge in [-0.1, -0.05) is 24.3 Å². The molecular weight excluding hydrogens is 254 g/mol. The molecule has 1 aromatic carbocycles. The van der Waals surface area contributed by atoms with Gasteiger partial charge in [0.1, 0.15) is 11.3 Å². The summed E-state index contributed by atoms with van der Waals surface area (Å²) in [6.07, 6.45) is 4.77. The quantitative estimate of drug-likeness (QED) is 0.896. The normalized spacial score (nSPS) is 17.7. The van der Waals surface area contributed by atoms with Crippen molar-refractivity contribution in [1.29, 1.82) is 0 Å². The topological polar surface area (TPSA) is 62.5 Å². The Morgan fingerprint density at radius 3 is 3.05 bits per heavy atom. The van der Waals surface area contributed by atoms with Crippen LogP contribution in [0.4, 0.5) is 0 Å². The highest BCUT2D eigenvalue weighted by Crippen LogP contribution is 2.29. The molecule has 104 valence electrons. The lowest BCUT2D eigenvalue weighted by Gasteiger charge is -2.26. The molecule has 1 aliphatic rings. The maximum Gasteiger partial charge on any atom is 0.339 e. The molecule has 1 atom stereocenters. The average Bonchev–Trinajstić information content (AvgIpc) is 2.93. The van der Waals surface area contributed by atoms with E-state index in [4.69, 9.17) is 9.52 Å². The van der Waals surface area contributed by atoms with E-state index in [1.807, 2.05) is 0 Å². The number of hydrogen-bond acceptors (Lipinski definition) is 3. The fourth-order valence-electron chi connectivity index (χ4n) is 2.85. The molecule has 20 heavy (non-hydrogen) atoms. The largest absolute Gasteiger partial charge is 0.478 e. The molecule has 0 aliphatic heterocycles. The van der Waals surface area contributed by atoms with Crippen molar-refractivity contribution in [2.45, 2.75) is 31.8 Å².